The lowest BCUT2D eigenvalue weighted by Gasteiger charge is -2.38. The highest BCUT2D eigenvalue weighted by Gasteiger charge is 2.37. The van der Waals surface area contributed by atoms with Crippen molar-refractivity contribution < 1.29 is 0 Å². The zero-order valence-corrected chi connectivity index (χ0v) is 19.5. The van der Waals surface area contributed by atoms with E-state index in [1.165, 1.54) is 58.9 Å². The van der Waals surface area contributed by atoms with Crippen molar-refractivity contribution in [1.29, 1.82) is 0 Å². The van der Waals surface area contributed by atoms with Gasteiger partial charge < -0.3 is 0 Å². The van der Waals surface area contributed by atoms with Gasteiger partial charge in [0, 0.05) is 28.8 Å². The molecule has 0 bridgehead atoms. The van der Waals surface area contributed by atoms with Crippen LogP contribution in [0.1, 0.15) is 26.7 Å². The van der Waals surface area contributed by atoms with Crippen molar-refractivity contribution in [2.45, 2.75) is 35.4 Å². The molecule has 0 nitrogen and oxygen atoms in total. The second-order valence-electron chi connectivity index (χ2n) is 5.09. The maximum Gasteiger partial charge on any atom is 0.0792 e. The van der Waals surface area contributed by atoms with E-state index in [4.69, 9.17) is 0 Å². The van der Waals surface area contributed by atoms with Crippen molar-refractivity contribution in [3.8, 4) is 0 Å². The fourth-order valence-corrected chi connectivity index (χ4v) is 11.2. The largest absolute Gasteiger partial charge is 0.179 e. The predicted octanol–water partition coefficient (Wildman–Crippen LogP) is 6.17. The molecule has 1 atom stereocenters. The van der Waals surface area contributed by atoms with Crippen LogP contribution in [0.3, 0.4) is 0 Å². The van der Waals surface area contributed by atoms with E-state index in [2.05, 4.69) is 97.0 Å². The van der Waals surface area contributed by atoms with E-state index in [9.17, 15) is 0 Å². The number of rotatable bonds is 13. The Morgan fingerprint density at radius 3 is 2.09 bits per heavy atom. The van der Waals surface area contributed by atoms with E-state index in [0.717, 1.165) is 10.3 Å². The summed E-state index contributed by atoms with van der Waals surface area (Å²) >= 11 is 17.3. The molecule has 1 fully saturated rings. The number of hydrogen-bond acceptors (Lipinski definition) is 7. The van der Waals surface area contributed by atoms with Gasteiger partial charge in [0.05, 0.1) is 8.66 Å². The Balaban J connectivity index is 2.34. The second kappa shape index (κ2) is 14.6. The van der Waals surface area contributed by atoms with Gasteiger partial charge in [-0.15, -0.1) is 47.0 Å². The highest BCUT2D eigenvalue weighted by atomic mass is 32.2. The van der Waals surface area contributed by atoms with Crippen LogP contribution in [0.2, 0.25) is 0 Å². The van der Waals surface area contributed by atoms with Crippen LogP contribution < -0.4 is 0 Å². The van der Waals surface area contributed by atoms with Crippen LogP contribution in [0.4, 0.5) is 0 Å². The highest BCUT2D eigenvalue weighted by Crippen LogP contribution is 2.52. The molecule has 0 spiro atoms. The van der Waals surface area contributed by atoms with E-state index < -0.39 is 0 Å². The van der Waals surface area contributed by atoms with E-state index >= 15 is 0 Å². The molecule has 0 aromatic rings. The van der Waals surface area contributed by atoms with Crippen molar-refractivity contribution in [3.05, 3.63) is 0 Å². The second-order valence-corrected chi connectivity index (χ2v) is 14.1. The Morgan fingerprint density at radius 2 is 1.55 bits per heavy atom. The monoisotopic (exact) mass is 434 g/mol. The third-order valence-corrected chi connectivity index (χ3v) is 13.4. The average Bonchev–Trinajstić information content (AvgIpc) is 2.53. The Labute approximate surface area is 169 Å². The standard InChI is InChI=1S/C15H30S7/c1-3-6-17-10-12-19-14(20-13-11-18-9-5-16)15(2)21-7-4-8-22-15/h14,16H,3-13H2,1-2H3. The molecule has 1 unspecified atom stereocenters. The summed E-state index contributed by atoms with van der Waals surface area (Å²) in [5, 5.41) is 0. The van der Waals surface area contributed by atoms with Crippen molar-refractivity contribution >= 4 is 83.2 Å². The quantitative estimate of drug-likeness (QED) is 0.207. The van der Waals surface area contributed by atoms with Gasteiger partial charge in [-0.3, -0.25) is 0 Å². The van der Waals surface area contributed by atoms with Gasteiger partial charge in [-0.25, -0.2) is 0 Å². The molecule has 0 aromatic carbocycles. The Kier molecular flexibility index (Phi) is 14.9. The lowest BCUT2D eigenvalue weighted by molar-refractivity contribution is 0.957. The van der Waals surface area contributed by atoms with Gasteiger partial charge in [-0.1, -0.05) is 6.92 Å². The minimum absolute atomic E-state index is 0.414. The summed E-state index contributed by atoms with van der Waals surface area (Å²) in [6.45, 7) is 4.77. The highest BCUT2D eigenvalue weighted by molar-refractivity contribution is 8.24. The summed E-state index contributed by atoms with van der Waals surface area (Å²) in [6.07, 6.45) is 2.69. The SMILES string of the molecule is CCCSCCSC(SCCSCCS)C1(C)SCCCS1. The fraction of sp³-hybridized carbons (Fsp3) is 1.00. The summed E-state index contributed by atoms with van der Waals surface area (Å²) in [4.78, 5) is 0. The molecule has 0 aliphatic carbocycles. The van der Waals surface area contributed by atoms with Gasteiger partial charge in [0.1, 0.15) is 0 Å². The van der Waals surface area contributed by atoms with E-state index in [0.29, 0.717) is 4.08 Å². The van der Waals surface area contributed by atoms with Gasteiger partial charge in [0.2, 0.25) is 0 Å². The fourth-order valence-electron chi connectivity index (χ4n) is 1.98. The summed E-state index contributed by atoms with van der Waals surface area (Å²) in [7, 11) is 0. The average molecular weight is 435 g/mol. The maximum atomic E-state index is 4.29. The van der Waals surface area contributed by atoms with Gasteiger partial charge in [-0.05, 0) is 42.8 Å². The molecule has 22 heavy (non-hydrogen) atoms. The molecule has 0 radical (unpaired) electrons. The maximum absolute atomic E-state index is 4.29. The van der Waals surface area contributed by atoms with Crippen LogP contribution >= 0.6 is 83.2 Å². The van der Waals surface area contributed by atoms with E-state index in [1.54, 1.807) is 0 Å². The Morgan fingerprint density at radius 1 is 0.955 bits per heavy atom. The van der Waals surface area contributed by atoms with E-state index in [-0.39, 0.29) is 0 Å². The minimum Gasteiger partial charge on any atom is -0.179 e. The third kappa shape index (κ3) is 9.81. The molecule has 1 aliphatic rings. The topological polar surface area (TPSA) is 0 Å². The summed E-state index contributed by atoms with van der Waals surface area (Å²) in [6, 6.07) is 0. The molecule has 0 N–H and O–H groups in total. The van der Waals surface area contributed by atoms with Crippen LogP contribution in [0, 0.1) is 0 Å². The van der Waals surface area contributed by atoms with Crippen LogP contribution in [0.5, 0.6) is 0 Å². The summed E-state index contributed by atoms with van der Waals surface area (Å²) < 4.78 is 1.15. The molecule has 0 saturated carbocycles. The lowest BCUT2D eigenvalue weighted by Crippen LogP contribution is -2.32. The smallest absolute Gasteiger partial charge is 0.0792 e. The zero-order valence-electron chi connectivity index (χ0n) is 13.8. The van der Waals surface area contributed by atoms with Gasteiger partial charge in [-0.2, -0.15) is 36.2 Å². The first-order valence-electron chi connectivity index (χ1n) is 8.00. The number of thiol groups is 1. The predicted molar refractivity (Wildman–Crippen MR) is 125 cm³/mol. The normalized spacial score (nSPS) is 19.2. The molecular formula is C15H30S7. The van der Waals surface area contributed by atoms with Crippen molar-refractivity contribution in [2.75, 3.05) is 51.8 Å². The molecule has 0 amide bonds. The molecular weight excluding hydrogens is 405 g/mol. The third-order valence-electron chi connectivity index (χ3n) is 3.07. The van der Waals surface area contributed by atoms with Crippen molar-refractivity contribution in [1.82, 2.24) is 0 Å². The Hall–Kier alpha value is 2.45. The van der Waals surface area contributed by atoms with Gasteiger partial charge in [0.25, 0.3) is 0 Å². The lowest BCUT2D eigenvalue weighted by atomic mass is 10.5. The first kappa shape index (κ1) is 22.5. The molecule has 1 aliphatic heterocycles. The molecule has 1 rings (SSSR count). The minimum atomic E-state index is 0.414. The van der Waals surface area contributed by atoms with Crippen LogP contribution in [-0.2, 0) is 0 Å². The van der Waals surface area contributed by atoms with Crippen molar-refractivity contribution in [2.24, 2.45) is 0 Å². The zero-order chi connectivity index (χ0) is 16.1. The summed E-state index contributed by atoms with van der Waals surface area (Å²) in [5.41, 5.74) is 0. The molecule has 1 heterocycles. The van der Waals surface area contributed by atoms with E-state index in [1.807, 2.05) is 0 Å². The number of hydrogen-bond donors (Lipinski definition) is 1. The van der Waals surface area contributed by atoms with Gasteiger partial charge in [0.15, 0.2) is 0 Å². The molecule has 132 valence electrons. The van der Waals surface area contributed by atoms with Crippen LogP contribution in [-0.4, -0.2) is 60.4 Å². The van der Waals surface area contributed by atoms with Crippen LogP contribution in [0.15, 0.2) is 0 Å². The molecule has 7 heteroatoms. The summed E-state index contributed by atoms with van der Waals surface area (Å²) in [5.74, 6) is 11.4. The molecule has 0 aromatic heterocycles. The first-order chi connectivity index (χ1) is 10.7. The Bertz CT molecular complexity index is 242. The van der Waals surface area contributed by atoms with Crippen molar-refractivity contribution in [3.63, 3.8) is 0 Å². The van der Waals surface area contributed by atoms with Gasteiger partial charge >= 0.3 is 0 Å². The van der Waals surface area contributed by atoms with Crippen LogP contribution in [0.25, 0.3) is 0 Å². The first-order valence-corrected chi connectivity index (χ1v) is 15.0. The number of thioether (sulfide) groups is 6. The molecule has 1 saturated heterocycles.